The van der Waals surface area contributed by atoms with Gasteiger partial charge in [0.15, 0.2) is 11.6 Å². The minimum Gasteiger partial charge on any atom is -0.490 e. The zero-order valence-corrected chi connectivity index (χ0v) is 16.9. The molecule has 7 nitrogen and oxygen atoms in total. The molecule has 0 N–H and O–H groups in total. The quantitative estimate of drug-likeness (QED) is 0.349. The number of hydrogen-bond acceptors (Lipinski definition) is 7. The van der Waals surface area contributed by atoms with Crippen LogP contribution in [-0.4, -0.2) is 41.2 Å². The molecule has 1 aliphatic rings. The Bertz CT molecular complexity index is 843. The Kier molecular flexibility index (Phi) is 7.94. The van der Waals surface area contributed by atoms with E-state index in [4.69, 9.17) is 14.2 Å². The van der Waals surface area contributed by atoms with Crippen molar-refractivity contribution in [2.45, 2.75) is 44.6 Å². The predicted octanol–water partition coefficient (Wildman–Crippen LogP) is 4.13. The van der Waals surface area contributed by atoms with Crippen molar-refractivity contribution >= 4 is 11.9 Å². The average Bonchev–Trinajstić information content (AvgIpc) is 2.80. The van der Waals surface area contributed by atoms with Gasteiger partial charge in [0.1, 0.15) is 6.10 Å². The summed E-state index contributed by atoms with van der Waals surface area (Å²) < 4.78 is 16.0. The predicted molar refractivity (Wildman–Crippen MR) is 111 cm³/mol. The first-order chi connectivity index (χ1) is 14.7. The lowest BCUT2D eigenvalue weighted by atomic mass is 9.98. The van der Waals surface area contributed by atoms with Gasteiger partial charge in [-0.3, -0.25) is 0 Å². The molecule has 0 atom stereocenters. The maximum atomic E-state index is 12.3. The lowest BCUT2D eigenvalue weighted by Gasteiger charge is -2.21. The first-order valence-electron chi connectivity index (χ1n) is 10.2. The maximum Gasteiger partial charge on any atom is 0.338 e. The van der Waals surface area contributed by atoms with Gasteiger partial charge in [-0.2, -0.15) is 0 Å². The second-order valence-corrected chi connectivity index (χ2v) is 7.06. The van der Waals surface area contributed by atoms with Crippen molar-refractivity contribution in [3.05, 3.63) is 54.9 Å². The van der Waals surface area contributed by atoms with Gasteiger partial charge < -0.3 is 14.2 Å². The fraction of sp³-hybridized carbons (Fsp3) is 0.391. The molecule has 1 fully saturated rings. The molecule has 1 saturated carbocycles. The molecule has 0 spiro atoms. The van der Waals surface area contributed by atoms with Crippen LogP contribution in [0.2, 0.25) is 0 Å². The minimum absolute atomic E-state index is 0.0378. The summed E-state index contributed by atoms with van der Waals surface area (Å²) in [5.41, 5.74) is 1.33. The minimum atomic E-state index is -0.448. The van der Waals surface area contributed by atoms with Crippen LogP contribution in [0.3, 0.4) is 0 Å². The Labute approximate surface area is 176 Å². The number of aromatic nitrogens is 2. The summed E-state index contributed by atoms with van der Waals surface area (Å²) in [6.45, 7) is 3.98. The summed E-state index contributed by atoms with van der Waals surface area (Å²) in [7, 11) is 0. The molecule has 1 aromatic carbocycles. The van der Waals surface area contributed by atoms with Crippen molar-refractivity contribution in [3.63, 3.8) is 0 Å². The summed E-state index contributed by atoms with van der Waals surface area (Å²) in [4.78, 5) is 31.9. The highest BCUT2D eigenvalue weighted by Gasteiger charge is 2.18. The van der Waals surface area contributed by atoms with Crippen LogP contribution < -0.4 is 4.74 Å². The maximum absolute atomic E-state index is 12.3. The molecule has 2 aromatic rings. The molecule has 0 amide bonds. The highest BCUT2D eigenvalue weighted by atomic mass is 16.5. The molecule has 0 aliphatic heterocycles. The lowest BCUT2D eigenvalue weighted by Crippen LogP contribution is -2.20. The highest BCUT2D eigenvalue weighted by molar-refractivity contribution is 5.90. The highest BCUT2D eigenvalue weighted by Crippen LogP contribution is 2.22. The SMILES string of the molecule is C=CC(=O)OCCCOc1cnc(-c2ccc(C(=O)OC3CCCCC3)cc2)nc1. The van der Waals surface area contributed by atoms with Crippen LogP contribution in [0, 0.1) is 0 Å². The van der Waals surface area contributed by atoms with Gasteiger partial charge in [0.2, 0.25) is 0 Å². The molecule has 0 unspecified atom stereocenters. The van der Waals surface area contributed by atoms with Gasteiger partial charge in [0.05, 0.1) is 31.2 Å². The van der Waals surface area contributed by atoms with Gasteiger partial charge in [-0.25, -0.2) is 19.6 Å². The van der Waals surface area contributed by atoms with Crippen molar-refractivity contribution in [2.24, 2.45) is 0 Å². The average molecular weight is 410 g/mol. The van der Waals surface area contributed by atoms with Crippen LogP contribution in [0.25, 0.3) is 11.4 Å². The summed E-state index contributed by atoms with van der Waals surface area (Å²) in [6.07, 6.45) is 10.3. The normalized spacial score (nSPS) is 14.0. The first-order valence-corrected chi connectivity index (χ1v) is 10.2. The van der Waals surface area contributed by atoms with Crippen molar-refractivity contribution in [1.82, 2.24) is 9.97 Å². The number of nitrogens with zero attached hydrogens (tertiary/aromatic N) is 2. The van der Waals surface area contributed by atoms with Gasteiger partial charge in [-0.1, -0.05) is 25.1 Å². The van der Waals surface area contributed by atoms with Crippen molar-refractivity contribution < 1.29 is 23.8 Å². The molecule has 1 aliphatic carbocycles. The lowest BCUT2D eigenvalue weighted by molar-refractivity contribution is -0.137. The number of ether oxygens (including phenoxy) is 3. The van der Waals surface area contributed by atoms with E-state index in [1.807, 2.05) is 0 Å². The van der Waals surface area contributed by atoms with Crippen LogP contribution in [-0.2, 0) is 14.3 Å². The smallest absolute Gasteiger partial charge is 0.338 e. The van der Waals surface area contributed by atoms with E-state index in [9.17, 15) is 9.59 Å². The third kappa shape index (κ3) is 6.40. The molecule has 7 heteroatoms. The fourth-order valence-corrected chi connectivity index (χ4v) is 3.18. The third-order valence-corrected chi connectivity index (χ3v) is 4.80. The molecule has 158 valence electrons. The van der Waals surface area contributed by atoms with Gasteiger partial charge in [-0.05, 0) is 37.8 Å². The number of carbonyl (C=O) groups is 2. The molecule has 0 bridgehead atoms. The second kappa shape index (κ2) is 11.1. The van der Waals surface area contributed by atoms with E-state index in [0.717, 1.165) is 37.3 Å². The second-order valence-electron chi connectivity index (χ2n) is 7.06. The van der Waals surface area contributed by atoms with Crippen LogP contribution in [0.4, 0.5) is 0 Å². The number of carbonyl (C=O) groups excluding carboxylic acids is 2. The van der Waals surface area contributed by atoms with Gasteiger partial charge in [-0.15, -0.1) is 0 Å². The summed E-state index contributed by atoms with van der Waals surface area (Å²) >= 11 is 0. The molecule has 30 heavy (non-hydrogen) atoms. The molecule has 0 saturated heterocycles. The first kappa shape index (κ1) is 21.5. The zero-order chi connectivity index (χ0) is 21.2. The molecule has 1 heterocycles. The largest absolute Gasteiger partial charge is 0.490 e. The third-order valence-electron chi connectivity index (χ3n) is 4.80. The zero-order valence-electron chi connectivity index (χ0n) is 16.9. The monoisotopic (exact) mass is 410 g/mol. The van der Waals surface area contributed by atoms with E-state index in [-0.39, 0.29) is 18.7 Å². The summed E-state index contributed by atoms with van der Waals surface area (Å²) in [6, 6.07) is 7.08. The Morgan fingerprint density at radius 1 is 1.03 bits per heavy atom. The van der Waals surface area contributed by atoms with E-state index in [1.54, 1.807) is 36.7 Å². The number of hydrogen-bond donors (Lipinski definition) is 0. The summed E-state index contributed by atoms with van der Waals surface area (Å²) in [5, 5.41) is 0. The van der Waals surface area contributed by atoms with E-state index in [1.165, 1.54) is 6.42 Å². The fourth-order valence-electron chi connectivity index (χ4n) is 3.18. The Hall–Kier alpha value is -3.22. The van der Waals surface area contributed by atoms with Gasteiger partial charge in [0, 0.05) is 18.1 Å². The van der Waals surface area contributed by atoms with Crippen LogP contribution in [0.1, 0.15) is 48.9 Å². The summed E-state index contributed by atoms with van der Waals surface area (Å²) in [5.74, 6) is 0.337. The molecular formula is C23H26N2O5. The molecular weight excluding hydrogens is 384 g/mol. The standard InChI is InChI=1S/C23H26N2O5/c1-2-21(26)29-14-6-13-28-20-15-24-22(25-16-20)17-9-11-18(12-10-17)23(27)30-19-7-4-3-5-8-19/h2,9-12,15-16,19H,1,3-8,13-14H2. The van der Waals surface area contributed by atoms with Gasteiger partial charge >= 0.3 is 11.9 Å². The molecule has 0 radical (unpaired) electrons. The van der Waals surface area contributed by atoms with Crippen LogP contribution in [0.15, 0.2) is 49.3 Å². The Morgan fingerprint density at radius 2 is 1.73 bits per heavy atom. The van der Waals surface area contributed by atoms with E-state index in [2.05, 4.69) is 16.5 Å². The number of benzene rings is 1. The molecule has 3 rings (SSSR count). The number of rotatable bonds is 9. The van der Waals surface area contributed by atoms with Crippen molar-refractivity contribution in [2.75, 3.05) is 13.2 Å². The Morgan fingerprint density at radius 3 is 2.40 bits per heavy atom. The Balaban J connectivity index is 1.48. The van der Waals surface area contributed by atoms with Crippen molar-refractivity contribution in [1.29, 1.82) is 0 Å². The number of esters is 2. The van der Waals surface area contributed by atoms with Crippen LogP contribution in [0.5, 0.6) is 5.75 Å². The van der Waals surface area contributed by atoms with E-state index >= 15 is 0 Å². The van der Waals surface area contributed by atoms with Gasteiger partial charge in [0.25, 0.3) is 0 Å². The van der Waals surface area contributed by atoms with E-state index < -0.39 is 5.97 Å². The topological polar surface area (TPSA) is 87.6 Å². The van der Waals surface area contributed by atoms with Crippen LogP contribution >= 0.6 is 0 Å². The molecule has 1 aromatic heterocycles. The van der Waals surface area contributed by atoms with Crippen molar-refractivity contribution in [3.8, 4) is 17.1 Å². The van der Waals surface area contributed by atoms with E-state index in [0.29, 0.717) is 30.2 Å².